The Morgan fingerprint density at radius 1 is 1.35 bits per heavy atom. The number of hydrogen-bond donors (Lipinski definition) is 3. The van der Waals surface area contributed by atoms with E-state index in [2.05, 4.69) is 24.5 Å². The molecule has 6 heteroatoms. The van der Waals surface area contributed by atoms with Crippen molar-refractivity contribution in [1.29, 1.82) is 0 Å². The molecule has 3 N–H and O–H groups in total. The first kappa shape index (κ1) is 16.8. The average molecular weight is 286 g/mol. The Balaban J connectivity index is 2.25. The predicted molar refractivity (Wildman–Crippen MR) is 75.6 cm³/mol. The van der Waals surface area contributed by atoms with Gasteiger partial charge < -0.3 is 20.5 Å². The first-order valence-corrected chi connectivity index (χ1v) is 7.10. The summed E-state index contributed by atoms with van der Waals surface area (Å²) >= 11 is 0. The lowest BCUT2D eigenvalue weighted by molar-refractivity contribution is -0.141. The molecule has 0 spiro atoms. The number of hydrogen-bond acceptors (Lipinski definition) is 3. The van der Waals surface area contributed by atoms with Gasteiger partial charge in [0.15, 0.2) is 0 Å². The van der Waals surface area contributed by atoms with Crippen LogP contribution in [0.3, 0.4) is 0 Å². The number of rotatable bonds is 7. The second kappa shape index (κ2) is 7.47. The number of nitrogens with one attached hydrogen (secondary N) is 2. The Hall–Kier alpha value is -1.30. The molecule has 1 fully saturated rings. The molecule has 0 aromatic rings. The average Bonchev–Trinajstić information content (AvgIpc) is 2.83. The summed E-state index contributed by atoms with van der Waals surface area (Å²) < 4.78 is 5.04. The van der Waals surface area contributed by atoms with E-state index in [-0.39, 0.29) is 23.4 Å². The second-order valence-electron chi connectivity index (χ2n) is 6.28. The Morgan fingerprint density at radius 3 is 2.60 bits per heavy atom. The molecule has 0 aromatic heterocycles. The molecule has 0 bridgehead atoms. The van der Waals surface area contributed by atoms with Crippen molar-refractivity contribution >= 4 is 12.0 Å². The Labute approximate surface area is 120 Å². The Kier molecular flexibility index (Phi) is 6.26. The second-order valence-corrected chi connectivity index (χ2v) is 6.28. The van der Waals surface area contributed by atoms with E-state index in [1.54, 1.807) is 7.11 Å². The van der Waals surface area contributed by atoms with Crippen LogP contribution in [0.5, 0.6) is 0 Å². The quantitative estimate of drug-likeness (QED) is 0.663. The minimum absolute atomic E-state index is 0.0212. The Bertz CT molecular complexity index is 344. The van der Waals surface area contributed by atoms with Crippen molar-refractivity contribution < 1.29 is 19.4 Å². The van der Waals surface area contributed by atoms with Gasteiger partial charge in [0.1, 0.15) is 0 Å². The van der Waals surface area contributed by atoms with Gasteiger partial charge in [-0.1, -0.05) is 13.8 Å². The monoisotopic (exact) mass is 286 g/mol. The highest BCUT2D eigenvalue weighted by Crippen LogP contribution is 2.25. The van der Waals surface area contributed by atoms with Gasteiger partial charge in [-0.2, -0.15) is 0 Å². The van der Waals surface area contributed by atoms with Gasteiger partial charge in [-0.05, 0) is 31.1 Å². The van der Waals surface area contributed by atoms with Gasteiger partial charge in [0, 0.05) is 26.3 Å². The van der Waals surface area contributed by atoms with Gasteiger partial charge in [0.05, 0.1) is 5.92 Å². The predicted octanol–water partition coefficient (Wildman–Crippen LogP) is 1.60. The normalized spacial score (nSPS) is 22.6. The van der Waals surface area contributed by atoms with Crippen LogP contribution < -0.4 is 10.6 Å². The standard InChI is InChI=1S/C14H26N2O4/c1-14(2,6-7-20-3)9-15-13(19)16-11-5-4-10(8-11)12(17)18/h10-11H,4-9H2,1-3H3,(H,17,18)(H2,15,16,19)/t10-,11+/m1/s1. The van der Waals surface area contributed by atoms with Crippen molar-refractivity contribution in [3.63, 3.8) is 0 Å². The molecule has 0 heterocycles. The van der Waals surface area contributed by atoms with Gasteiger partial charge in [0.25, 0.3) is 0 Å². The molecule has 116 valence electrons. The Morgan fingerprint density at radius 2 is 2.05 bits per heavy atom. The van der Waals surface area contributed by atoms with E-state index in [0.29, 0.717) is 26.0 Å². The largest absolute Gasteiger partial charge is 0.481 e. The smallest absolute Gasteiger partial charge is 0.315 e. The number of methoxy groups -OCH3 is 1. The van der Waals surface area contributed by atoms with Crippen molar-refractivity contribution in [3.8, 4) is 0 Å². The molecule has 2 atom stereocenters. The lowest BCUT2D eigenvalue weighted by Crippen LogP contribution is -2.44. The maximum atomic E-state index is 11.8. The van der Waals surface area contributed by atoms with Crippen LogP contribution in [0.15, 0.2) is 0 Å². The van der Waals surface area contributed by atoms with Crippen LogP contribution in [0, 0.1) is 11.3 Å². The third kappa shape index (κ3) is 5.77. The number of ether oxygens (including phenoxy) is 1. The molecule has 1 aliphatic carbocycles. The lowest BCUT2D eigenvalue weighted by atomic mass is 9.90. The number of carboxylic acids is 1. The van der Waals surface area contributed by atoms with Gasteiger partial charge in [-0.3, -0.25) is 4.79 Å². The zero-order valence-corrected chi connectivity index (χ0v) is 12.6. The van der Waals surface area contributed by atoms with Gasteiger partial charge in [-0.15, -0.1) is 0 Å². The maximum Gasteiger partial charge on any atom is 0.315 e. The van der Waals surface area contributed by atoms with E-state index in [9.17, 15) is 9.59 Å². The van der Waals surface area contributed by atoms with Gasteiger partial charge in [0.2, 0.25) is 0 Å². The lowest BCUT2D eigenvalue weighted by Gasteiger charge is -2.25. The molecule has 0 radical (unpaired) electrons. The summed E-state index contributed by atoms with van der Waals surface area (Å²) in [5.41, 5.74) is -0.0212. The fraction of sp³-hybridized carbons (Fsp3) is 0.857. The number of aliphatic carboxylic acids is 1. The molecule has 2 amide bonds. The molecule has 20 heavy (non-hydrogen) atoms. The first-order valence-electron chi connectivity index (χ1n) is 7.10. The maximum absolute atomic E-state index is 11.8. The SMILES string of the molecule is COCCC(C)(C)CNC(=O)N[C@H]1CC[C@@H](C(=O)O)C1. The summed E-state index contributed by atoms with van der Waals surface area (Å²) in [6.45, 7) is 5.38. The van der Waals surface area contributed by atoms with Crippen LogP contribution in [0.1, 0.15) is 39.5 Å². The zero-order chi connectivity index (χ0) is 15.2. The van der Waals surface area contributed by atoms with Gasteiger partial charge >= 0.3 is 12.0 Å². The summed E-state index contributed by atoms with van der Waals surface area (Å²) in [4.78, 5) is 22.6. The molecule has 6 nitrogen and oxygen atoms in total. The molecule has 1 saturated carbocycles. The van der Waals surface area contributed by atoms with Crippen LogP contribution >= 0.6 is 0 Å². The van der Waals surface area contributed by atoms with E-state index >= 15 is 0 Å². The van der Waals surface area contributed by atoms with Crippen molar-refractivity contribution in [3.05, 3.63) is 0 Å². The first-order chi connectivity index (χ1) is 9.34. The zero-order valence-electron chi connectivity index (χ0n) is 12.6. The fourth-order valence-corrected chi connectivity index (χ4v) is 2.36. The summed E-state index contributed by atoms with van der Waals surface area (Å²) in [6, 6.07) is -0.246. The molecular formula is C14H26N2O4. The molecule has 0 unspecified atom stereocenters. The number of amides is 2. The number of urea groups is 1. The van der Waals surface area contributed by atoms with E-state index in [1.807, 2.05) is 0 Å². The van der Waals surface area contributed by atoms with Crippen molar-refractivity contribution in [2.75, 3.05) is 20.3 Å². The van der Waals surface area contributed by atoms with E-state index < -0.39 is 5.97 Å². The number of carbonyl (C=O) groups excluding carboxylic acids is 1. The fourth-order valence-electron chi connectivity index (χ4n) is 2.36. The molecular weight excluding hydrogens is 260 g/mol. The van der Waals surface area contributed by atoms with E-state index in [4.69, 9.17) is 9.84 Å². The highest BCUT2D eigenvalue weighted by molar-refractivity contribution is 5.75. The van der Waals surface area contributed by atoms with Crippen LogP contribution in [0.25, 0.3) is 0 Å². The molecule has 1 aliphatic rings. The minimum Gasteiger partial charge on any atom is -0.481 e. The molecule has 0 saturated heterocycles. The van der Waals surface area contributed by atoms with Crippen LogP contribution in [-0.2, 0) is 9.53 Å². The summed E-state index contributed by atoms with van der Waals surface area (Å²) in [7, 11) is 1.66. The highest BCUT2D eigenvalue weighted by Gasteiger charge is 2.30. The molecule has 1 rings (SSSR count). The number of carboxylic acid groups (broad SMARTS) is 1. The van der Waals surface area contributed by atoms with E-state index in [0.717, 1.165) is 12.8 Å². The minimum atomic E-state index is -0.768. The third-order valence-corrected chi connectivity index (χ3v) is 3.83. The van der Waals surface area contributed by atoms with Crippen LogP contribution in [-0.4, -0.2) is 43.4 Å². The van der Waals surface area contributed by atoms with Crippen molar-refractivity contribution in [2.45, 2.75) is 45.6 Å². The summed E-state index contributed by atoms with van der Waals surface area (Å²) in [5, 5.41) is 14.6. The third-order valence-electron chi connectivity index (χ3n) is 3.83. The molecule has 0 aromatic carbocycles. The van der Waals surface area contributed by atoms with Gasteiger partial charge in [-0.25, -0.2) is 4.79 Å². The summed E-state index contributed by atoms with van der Waals surface area (Å²) in [6.07, 6.45) is 2.77. The van der Waals surface area contributed by atoms with E-state index in [1.165, 1.54) is 0 Å². The highest BCUT2D eigenvalue weighted by atomic mass is 16.5. The topological polar surface area (TPSA) is 87.7 Å². The molecule has 0 aliphatic heterocycles. The number of carbonyl (C=O) groups is 2. The summed E-state index contributed by atoms with van der Waals surface area (Å²) in [5.74, 6) is -1.09. The van der Waals surface area contributed by atoms with Crippen LogP contribution in [0.4, 0.5) is 4.79 Å². The van der Waals surface area contributed by atoms with Crippen molar-refractivity contribution in [2.24, 2.45) is 11.3 Å². The van der Waals surface area contributed by atoms with Crippen LogP contribution in [0.2, 0.25) is 0 Å². The van der Waals surface area contributed by atoms with Crippen molar-refractivity contribution in [1.82, 2.24) is 10.6 Å².